The zero-order chi connectivity index (χ0) is 23.4. The molecule has 0 spiro atoms. The Morgan fingerprint density at radius 3 is 2.06 bits per heavy atom. The van der Waals surface area contributed by atoms with Crippen molar-refractivity contribution in [1.29, 1.82) is 0 Å². The van der Waals surface area contributed by atoms with Crippen LogP contribution in [0.4, 0.5) is 11.4 Å². The van der Waals surface area contributed by atoms with Gasteiger partial charge in [-0.1, -0.05) is 36.8 Å². The Morgan fingerprint density at radius 2 is 1.45 bits per heavy atom. The number of anilines is 2. The zero-order valence-electron chi connectivity index (χ0n) is 18.9. The van der Waals surface area contributed by atoms with Gasteiger partial charge in [-0.3, -0.25) is 9.59 Å². The molecule has 6 nitrogen and oxygen atoms in total. The highest BCUT2D eigenvalue weighted by molar-refractivity contribution is 6.46. The minimum atomic E-state index is -0.402. The van der Waals surface area contributed by atoms with Gasteiger partial charge in [0, 0.05) is 5.69 Å². The van der Waals surface area contributed by atoms with Gasteiger partial charge in [0.05, 0.1) is 25.0 Å². The van der Waals surface area contributed by atoms with Crippen LogP contribution in [-0.4, -0.2) is 25.5 Å². The number of imide groups is 1. The van der Waals surface area contributed by atoms with Gasteiger partial charge in [-0.05, 0) is 67.4 Å². The molecule has 0 atom stereocenters. The summed E-state index contributed by atoms with van der Waals surface area (Å²) in [5.41, 5.74) is 3.44. The van der Waals surface area contributed by atoms with Gasteiger partial charge < -0.3 is 14.8 Å². The van der Waals surface area contributed by atoms with E-state index < -0.39 is 5.91 Å². The molecule has 6 heteroatoms. The Kier molecular flexibility index (Phi) is 6.45. The van der Waals surface area contributed by atoms with Crippen molar-refractivity contribution in [1.82, 2.24) is 0 Å². The average Bonchev–Trinajstić information content (AvgIpc) is 3.08. The van der Waals surface area contributed by atoms with Gasteiger partial charge in [-0.25, -0.2) is 4.90 Å². The van der Waals surface area contributed by atoms with Crippen molar-refractivity contribution in [3.63, 3.8) is 0 Å². The Morgan fingerprint density at radius 1 is 0.818 bits per heavy atom. The number of carbonyl (C=O) groups is 2. The molecule has 0 saturated carbocycles. The van der Waals surface area contributed by atoms with Crippen molar-refractivity contribution in [2.45, 2.75) is 20.3 Å². The number of carbonyl (C=O) groups excluding carboxylic acids is 2. The summed E-state index contributed by atoms with van der Waals surface area (Å²) in [7, 11) is 1.59. The normalized spacial score (nSPS) is 13.5. The summed E-state index contributed by atoms with van der Waals surface area (Å²) in [6, 6.07) is 21.7. The second-order valence-corrected chi connectivity index (χ2v) is 7.76. The fourth-order valence-electron chi connectivity index (χ4n) is 3.60. The number of hydrogen-bond donors (Lipinski definition) is 1. The molecule has 168 valence electrons. The third-order valence-corrected chi connectivity index (χ3v) is 5.35. The van der Waals surface area contributed by atoms with Gasteiger partial charge in [-0.15, -0.1) is 0 Å². The molecule has 1 heterocycles. The second-order valence-electron chi connectivity index (χ2n) is 7.76. The molecular weight excluding hydrogens is 416 g/mol. The standard InChI is InChI=1S/C27H26N2O4/c1-4-17-33-23-13-7-19(8-14-23)24-25(28-20-9-15-22(32-3)16-10-20)27(31)29(26(24)30)21-11-5-18(2)6-12-21/h5-16,28H,4,17H2,1-3H3. The number of nitrogens with zero attached hydrogens (tertiary/aromatic N) is 1. The van der Waals surface area contributed by atoms with E-state index in [-0.39, 0.29) is 11.6 Å². The lowest BCUT2D eigenvalue weighted by atomic mass is 10.0. The summed E-state index contributed by atoms with van der Waals surface area (Å²) in [4.78, 5) is 28.2. The summed E-state index contributed by atoms with van der Waals surface area (Å²) in [6.45, 7) is 4.61. The van der Waals surface area contributed by atoms with Crippen LogP contribution in [0.15, 0.2) is 78.5 Å². The number of benzene rings is 3. The van der Waals surface area contributed by atoms with Gasteiger partial charge in [0.25, 0.3) is 11.8 Å². The molecule has 4 rings (SSSR count). The molecule has 0 bridgehead atoms. The lowest BCUT2D eigenvalue weighted by Crippen LogP contribution is -2.32. The van der Waals surface area contributed by atoms with Crippen LogP contribution >= 0.6 is 0 Å². The van der Waals surface area contributed by atoms with Gasteiger partial charge in [0.2, 0.25) is 0 Å². The molecule has 3 aromatic carbocycles. The van der Waals surface area contributed by atoms with E-state index in [4.69, 9.17) is 9.47 Å². The minimum Gasteiger partial charge on any atom is -0.497 e. The first kappa shape index (κ1) is 22.1. The van der Waals surface area contributed by atoms with Crippen LogP contribution in [0.2, 0.25) is 0 Å². The first-order valence-corrected chi connectivity index (χ1v) is 10.9. The first-order chi connectivity index (χ1) is 16.0. The fourth-order valence-corrected chi connectivity index (χ4v) is 3.60. The van der Waals surface area contributed by atoms with E-state index in [0.717, 1.165) is 17.7 Å². The van der Waals surface area contributed by atoms with E-state index >= 15 is 0 Å². The van der Waals surface area contributed by atoms with Crippen LogP contribution in [-0.2, 0) is 9.59 Å². The molecule has 1 aliphatic heterocycles. The number of hydrogen-bond acceptors (Lipinski definition) is 5. The van der Waals surface area contributed by atoms with E-state index in [1.807, 2.05) is 38.1 Å². The Labute approximate surface area is 193 Å². The highest BCUT2D eigenvalue weighted by Gasteiger charge is 2.40. The van der Waals surface area contributed by atoms with E-state index in [0.29, 0.717) is 34.9 Å². The number of aryl methyl sites for hydroxylation is 1. The van der Waals surface area contributed by atoms with E-state index in [1.54, 1.807) is 55.6 Å². The summed E-state index contributed by atoms with van der Waals surface area (Å²) >= 11 is 0. The van der Waals surface area contributed by atoms with Gasteiger partial charge in [-0.2, -0.15) is 0 Å². The maximum atomic E-state index is 13.5. The Bertz CT molecular complexity index is 1180. The Balaban J connectivity index is 1.74. The van der Waals surface area contributed by atoms with E-state index in [9.17, 15) is 9.59 Å². The summed E-state index contributed by atoms with van der Waals surface area (Å²) in [6.07, 6.45) is 0.904. The van der Waals surface area contributed by atoms with Crippen LogP contribution in [0.1, 0.15) is 24.5 Å². The smallest absolute Gasteiger partial charge is 0.282 e. The van der Waals surface area contributed by atoms with E-state index in [2.05, 4.69) is 5.32 Å². The summed E-state index contributed by atoms with van der Waals surface area (Å²) < 4.78 is 10.9. The first-order valence-electron chi connectivity index (χ1n) is 10.9. The number of ether oxygens (including phenoxy) is 2. The van der Waals surface area contributed by atoms with Crippen molar-refractivity contribution in [2.24, 2.45) is 0 Å². The maximum absolute atomic E-state index is 13.5. The van der Waals surface area contributed by atoms with Crippen LogP contribution in [0, 0.1) is 6.92 Å². The number of methoxy groups -OCH3 is 1. The predicted molar refractivity (Wildman–Crippen MR) is 129 cm³/mol. The molecule has 0 saturated heterocycles. The molecule has 33 heavy (non-hydrogen) atoms. The average molecular weight is 443 g/mol. The molecule has 0 aromatic heterocycles. The van der Waals surface area contributed by atoms with Gasteiger partial charge in [0.1, 0.15) is 17.2 Å². The maximum Gasteiger partial charge on any atom is 0.282 e. The highest BCUT2D eigenvalue weighted by Crippen LogP contribution is 2.34. The van der Waals surface area contributed by atoms with Gasteiger partial charge in [0.15, 0.2) is 0 Å². The van der Waals surface area contributed by atoms with Gasteiger partial charge >= 0.3 is 0 Å². The van der Waals surface area contributed by atoms with Crippen LogP contribution < -0.4 is 19.7 Å². The van der Waals surface area contributed by atoms with Crippen LogP contribution in [0.3, 0.4) is 0 Å². The Hall–Kier alpha value is -4.06. The molecule has 0 unspecified atom stereocenters. The summed E-state index contributed by atoms with van der Waals surface area (Å²) in [5.74, 6) is 0.647. The van der Waals surface area contributed by atoms with Crippen molar-refractivity contribution in [2.75, 3.05) is 23.9 Å². The third-order valence-electron chi connectivity index (χ3n) is 5.35. The van der Waals surface area contributed by atoms with E-state index in [1.165, 1.54) is 4.90 Å². The van der Waals surface area contributed by atoms with Crippen molar-refractivity contribution in [3.05, 3.63) is 89.6 Å². The van der Waals surface area contributed by atoms with Crippen LogP contribution in [0.25, 0.3) is 5.57 Å². The monoisotopic (exact) mass is 442 g/mol. The predicted octanol–water partition coefficient (Wildman–Crippen LogP) is 5.19. The van der Waals surface area contributed by atoms with Crippen molar-refractivity contribution < 1.29 is 19.1 Å². The van der Waals surface area contributed by atoms with Crippen molar-refractivity contribution in [3.8, 4) is 11.5 Å². The number of amides is 2. The SMILES string of the molecule is CCCOc1ccc(C2=C(Nc3ccc(OC)cc3)C(=O)N(c3ccc(C)cc3)C2=O)cc1. The fraction of sp³-hybridized carbons (Fsp3) is 0.185. The molecule has 1 N–H and O–H groups in total. The minimum absolute atomic E-state index is 0.230. The summed E-state index contributed by atoms with van der Waals surface area (Å²) in [5, 5.41) is 3.16. The molecule has 0 radical (unpaired) electrons. The number of rotatable bonds is 8. The lowest BCUT2D eigenvalue weighted by Gasteiger charge is -2.15. The molecule has 3 aromatic rings. The van der Waals surface area contributed by atoms with Crippen LogP contribution in [0.5, 0.6) is 11.5 Å². The number of nitrogens with one attached hydrogen (secondary N) is 1. The molecule has 0 fully saturated rings. The second kappa shape index (κ2) is 9.61. The molecular formula is C27H26N2O4. The third kappa shape index (κ3) is 4.60. The molecule has 2 amide bonds. The lowest BCUT2D eigenvalue weighted by molar-refractivity contribution is -0.120. The highest BCUT2D eigenvalue weighted by atomic mass is 16.5. The topological polar surface area (TPSA) is 67.9 Å². The van der Waals surface area contributed by atoms with Crippen molar-refractivity contribution >= 4 is 28.8 Å². The molecule has 1 aliphatic rings. The largest absolute Gasteiger partial charge is 0.497 e. The molecule has 0 aliphatic carbocycles. The zero-order valence-corrected chi connectivity index (χ0v) is 18.9. The quantitative estimate of drug-likeness (QED) is 0.487.